The molecule has 3 N–H and O–H groups in total. The number of nitrogen functional groups attached to an aromatic ring is 1. The summed E-state index contributed by atoms with van der Waals surface area (Å²) < 4.78 is 0.559. The SMILES string of the molecule is [NH]Cc1ccc[n+]([O-])c1N. The van der Waals surface area contributed by atoms with Gasteiger partial charge in [0.05, 0.1) is 11.8 Å². The lowest BCUT2D eigenvalue weighted by Gasteiger charge is -2.05. The number of rotatable bonds is 1. The van der Waals surface area contributed by atoms with Gasteiger partial charge in [-0.05, 0) is 12.1 Å². The lowest BCUT2D eigenvalue weighted by Crippen LogP contribution is -2.30. The third kappa shape index (κ3) is 1.01. The minimum absolute atomic E-state index is 0.0505. The van der Waals surface area contributed by atoms with Crippen LogP contribution in [0.1, 0.15) is 5.56 Å². The van der Waals surface area contributed by atoms with Crippen LogP contribution in [0.2, 0.25) is 0 Å². The first-order valence-corrected chi connectivity index (χ1v) is 2.87. The Balaban J connectivity index is 3.14. The molecule has 0 fully saturated rings. The van der Waals surface area contributed by atoms with Crippen LogP contribution in [-0.4, -0.2) is 0 Å². The largest absolute Gasteiger partial charge is 0.711 e. The van der Waals surface area contributed by atoms with Crippen molar-refractivity contribution >= 4 is 5.82 Å². The topological polar surface area (TPSA) is 76.8 Å². The monoisotopic (exact) mass is 138 g/mol. The minimum atomic E-state index is 0.0505. The van der Waals surface area contributed by atoms with Crippen LogP contribution in [-0.2, 0) is 6.54 Å². The van der Waals surface area contributed by atoms with E-state index in [-0.39, 0.29) is 12.4 Å². The summed E-state index contributed by atoms with van der Waals surface area (Å²) in [5.74, 6) is 0.123. The van der Waals surface area contributed by atoms with E-state index in [1.54, 1.807) is 12.1 Å². The number of pyridine rings is 1. The fraction of sp³-hybridized carbons (Fsp3) is 0.167. The standard InChI is InChI=1S/C6H8N3O/c7-4-5-2-1-3-9(10)6(5)8/h1-3,7H,4,8H2. The molecule has 0 saturated heterocycles. The third-order valence-corrected chi connectivity index (χ3v) is 1.28. The van der Waals surface area contributed by atoms with Gasteiger partial charge in [-0.3, -0.25) is 11.5 Å². The molecule has 1 rings (SSSR count). The fourth-order valence-electron chi connectivity index (χ4n) is 0.694. The van der Waals surface area contributed by atoms with Gasteiger partial charge in [0.1, 0.15) is 0 Å². The molecule has 0 spiro atoms. The maximum atomic E-state index is 10.7. The van der Waals surface area contributed by atoms with E-state index in [9.17, 15) is 5.21 Å². The van der Waals surface area contributed by atoms with Crippen LogP contribution in [0.25, 0.3) is 0 Å². The highest BCUT2D eigenvalue weighted by atomic mass is 16.5. The Hall–Kier alpha value is -1.29. The molecule has 0 aliphatic rings. The summed E-state index contributed by atoms with van der Waals surface area (Å²) >= 11 is 0. The zero-order valence-corrected chi connectivity index (χ0v) is 5.37. The van der Waals surface area contributed by atoms with Crippen molar-refractivity contribution in [3.8, 4) is 0 Å². The van der Waals surface area contributed by atoms with Gasteiger partial charge in [-0.1, -0.05) is 0 Å². The van der Waals surface area contributed by atoms with Crippen molar-refractivity contribution in [3.63, 3.8) is 0 Å². The van der Waals surface area contributed by atoms with Gasteiger partial charge in [-0.25, -0.2) is 4.73 Å². The van der Waals surface area contributed by atoms with E-state index >= 15 is 0 Å². The van der Waals surface area contributed by atoms with Crippen molar-refractivity contribution in [3.05, 3.63) is 29.1 Å². The zero-order chi connectivity index (χ0) is 7.56. The lowest BCUT2D eigenvalue weighted by atomic mass is 10.2. The van der Waals surface area contributed by atoms with E-state index in [4.69, 9.17) is 11.5 Å². The van der Waals surface area contributed by atoms with E-state index in [0.29, 0.717) is 10.3 Å². The maximum absolute atomic E-state index is 10.7. The van der Waals surface area contributed by atoms with Crippen LogP contribution >= 0.6 is 0 Å². The molecule has 1 aromatic heterocycles. The molecule has 0 aliphatic heterocycles. The highest BCUT2D eigenvalue weighted by Gasteiger charge is 2.02. The molecule has 0 bridgehead atoms. The second kappa shape index (κ2) is 2.53. The Kier molecular flexibility index (Phi) is 1.73. The van der Waals surface area contributed by atoms with Gasteiger partial charge in [-0.15, -0.1) is 0 Å². The summed E-state index contributed by atoms with van der Waals surface area (Å²) in [6.07, 6.45) is 1.31. The Labute approximate surface area is 58.7 Å². The quantitative estimate of drug-likeness (QED) is 0.426. The summed E-state index contributed by atoms with van der Waals surface area (Å²) in [6.45, 7) is 0.0505. The van der Waals surface area contributed by atoms with Crippen molar-refractivity contribution in [1.29, 1.82) is 0 Å². The predicted octanol–water partition coefficient (Wildman–Crippen LogP) is -0.315. The number of anilines is 1. The molecule has 53 valence electrons. The molecule has 0 atom stereocenters. The first-order valence-electron chi connectivity index (χ1n) is 2.87. The molecule has 0 unspecified atom stereocenters. The van der Waals surface area contributed by atoms with E-state index in [1.165, 1.54) is 6.20 Å². The number of hydrogen-bond donors (Lipinski definition) is 1. The van der Waals surface area contributed by atoms with Crippen LogP contribution in [0.3, 0.4) is 0 Å². The molecule has 0 amide bonds. The van der Waals surface area contributed by atoms with E-state index in [2.05, 4.69) is 0 Å². The molecule has 10 heavy (non-hydrogen) atoms. The number of nitrogens with one attached hydrogen (secondary N) is 1. The van der Waals surface area contributed by atoms with Crippen molar-refractivity contribution in [1.82, 2.24) is 5.73 Å². The van der Waals surface area contributed by atoms with E-state index in [1.807, 2.05) is 0 Å². The second-order valence-corrected chi connectivity index (χ2v) is 1.92. The minimum Gasteiger partial charge on any atom is -0.711 e. The number of aromatic nitrogens is 1. The highest BCUT2D eigenvalue weighted by molar-refractivity contribution is 5.33. The fourth-order valence-corrected chi connectivity index (χ4v) is 0.694. The summed E-state index contributed by atoms with van der Waals surface area (Å²) in [4.78, 5) is 0. The Morgan fingerprint density at radius 3 is 2.90 bits per heavy atom. The second-order valence-electron chi connectivity index (χ2n) is 1.92. The summed E-state index contributed by atoms with van der Waals surface area (Å²) in [6, 6.07) is 3.24. The maximum Gasteiger partial charge on any atom is 0.279 e. The Morgan fingerprint density at radius 1 is 1.70 bits per heavy atom. The van der Waals surface area contributed by atoms with Crippen LogP contribution < -0.4 is 16.2 Å². The van der Waals surface area contributed by atoms with Crippen LogP contribution in [0.5, 0.6) is 0 Å². The third-order valence-electron chi connectivity index (χ3n) is 1.28. The average Bonchev–Trinajstić information content (AvgIpc) is 1.95. The number of nitrogens with zero attached hydrogens (tertiary/aromatic N) is 1. The van der Waals surface area contributed by atoms with Gasteiger partial charge in [-0.2, -0.15) is 0 Å². The summed E-state index contributed by atoms with van der Waals surface area (Å²) in [5, 5.41) is 10.7. The lowest BCUT2D eigenvalue weighted by molar-refractivity contribution is -0.590. The van der Waals surface area contributed by atoms with Crippen LogP contribution in [0, 0.1) is 5.21 Å². The van der Waals surface area contributed by atoms with Gasteiger partial charge in [0.25, 0.3) is 5.82 Å². The van der Waals surface area contributed by atoms with E-state index < -0.39 is 0 Å². The van der Waals surface area contributed by atoms with Gasteiger partial charge in [0.15, 0.2) is 0 Å². The highest BCUT2D eigenvalue weighted by Crippen LogP contribution is 2.02. The molecular formula is C6H8N3O. The summed E-state index contributed by atoms with van der Waals surface area (Å²) in [5.41, 5.74) is 12.8. The molecule has 0 saturated carbocycles. The molecule has 1 aromatic rings. The molecule has 4 heteroatoms. The summed E-state index contributed by atoms with van der Waals surface area (Å²) in [7, 11) is 0. The van der Waals surface area contributed by atoms with Gasteiger partial charge in [0, 0.05) is 6.54 Å². The normalized spacial score (nSPS) is 9.70. The van der Waals surface area contributed by atoms with Gasteiger partial charge >= 0.3 is 0 Å². The smallest absolute Gasteiger partial charge is 0.279 e. The first kappa shape index (κ1) is 6.82. The van der Waals surface area contributed by atoms with Crippen molar-refractivity contribution in [2.75, 3.05) is 5.73 Å². The average molecular weight is 138 g/mol. The Morgan fingerprint density at radius 2 is 2.40 bits per heavy atom. The van der Waals surface area contributed by atoms with Crippen molar-refractivity contribution in [2.24, 2.45) is 0 Å². The first-order chi connectivity index (χ1) is 4.75. The van der Waals surface area contributed by atoms with Crippen LogP contribution in [0.4, 0.5) is 5.82 Å². The van der Waals surface area contributed by atoms with Crippen molar-refractivity contribution < 1.29 is 4.73 Å². The Bertz CT molecular complexity index is 236. The number of nitrogens with two attached hydrogens (primary N) is 1. The molecule has 1 heterocycles. The molecule has 1 radical (unpaired) electrons. The van der Waals surface area contributed by atoms with E-state index in [0.717, 1.165) is 0 Å². The van der Waals surface area contributed by atoms with Crippen LogP contribution in [0.15, 0.2) is 18.3 Å². The molecule has 0 aliphatic carbocycles. The van der Waals surface area contributed by atoms with Gasteiger partial charge in [0.2, 0.25) is 0 Å². The van der Waals surface area contributed by atoms with Crippen molar-refractivity contribution in [2.45, 2.75) is 6.54 Å². The predicted molar refractivity (Wildman–Crippen MR) is 36.6 cm³/mol. The number of hydrogen-bond acceptors (Lipinski definition) is 2. The molecule has 0 aromatic carbocycles. The zero-order valence-electron chi connectivity index (χ0n) is 5.37. The molecular weight excluding hydrogens is 130 g/mol. The van der Waals surface area contributed by atoms with Gasteiger partial charge < -0.3 is 5.21 Å². The molecule has 4 nitrogen and oxygen atoms in total.